The summed E-state index contributed by atoms with van der Waals surface area (Å²) in [7, 11) is 1.91. The van der Waals surface area contributed by atoms with E-state index >= 15 is 0 Å². The Morgan fingerprint density at radius 1 is 1.15 bits per heavy atom. The third-order valence-corrected chi connectivity index (χ3v) is 5.66. The Hall–Kier alpha value is -3.27. The Morgan fingerprint density at radius 3 is 2.52 bits per heavy atom. The predicted octanol–water partition coefficient (Wildman–Crippen LogP) is 4.20. The van der Waals surface area contributed by atoms with E-state index in [1.165, 1.54) is 18.0 Å². The zero-order valence-electron chi connectivity index (χ0n) is 18.0. The highest BCUT2D eigenvalue weighted by Gasteiger charge is 2.30. The van der Waals surface area contributed by atoms with Crippen LogP contribution in [-0.2, 0) is 18.0 Å². The van der Waals surface area contributed by atoms with Gasteiger partial charge in [-0.15, -0.1) is 0 Å². The Bertz CT molecular complexity index is 1160. The van der Waals surface area contributed by atoms with E-state index in [1.807, 2.05) is 48.3 Å². The lowest BCUT2D eigenvalue weighted by atomic mass is 10.1. The standard InChI is InChI=1S/C23H23F3N4O2S/c1-30-14-16(18-5-3-4-6-20(18)30)13-27-29-22(32)19(11-12-33-2)28-21(31)15-7-9-17(10-8-15)23(24,25)26/h3-10,13-14,19H,11-12H2,1-2H3,(H,28,31)(H,29,32). The highest BCUT2D eigenvalue weighted by atomic mass is 32.2. The Kier molecular flexibility index (Phi) is 7.80. The molecule has 174 valence electrons. The maximum Gasteiger partial charge on any atom is 0.416 e. The molecule has 3 rings (SSSR count). The van der Waals surface area contributed by atoms with Crippen molar-refractivity contribution in [3.8, 4) is 0 Å². The summed E-state index contributed by atoms with van der Waals surface area (Å²) < 4.78 is 40.2. The minimum absolute atomic E-state index is 0.0317. The minimum atomic E-state index is -4.49. The van der Waals surface area contributed by atoms with E-state index in [1.54, 1.807) is 0 Å². The van der Waals surface area contributed by atoms with Gasteiger partial charge in [0, 0.05) is 35.3 Å². The van der Waals surface area contributed by atoms with Gasteiger partial charge in [-0.2, -0.15) is 30.0 Å². The van der Waals surface area contributed by atoms with Crippen molar-refractivity contribution in [2.75, 3.05) is 12.0 Å². The maximum absolute atomic E-state index is 12.7. The zero-order chi connectivity index (χ0) is 24.0. The highest BCUT2D eigenvalue weighted by Crippen LogP contribution is 2.29. The number of para-hydroxylation sites is 1. The molecule has 0 radical (unpaired) electrons. The quantitative estimate of drug-likeness (QED) is 0.378. The van der Waals surface area contributed by atoms with Crippen LogP contribution in [0.4, 0.5) is 13.2 Å². The molecular formula is C23H23F3N4O2S. The summed E-state index contributed by atoms with van der Waals surface area (Å²) in [6, 6.07) is 10.7. The van der Waals surface area contributed by atoms with Gasteiger partial charge in [0.05, 0.1) is 11.8 Å². The number of benzene rings is 2. The number of fused-ring (bicyclic) bond motifs is 1. The van der Waals surface area contributed by atoms with Gasteiger partial charge in [0.15, 0.2) is 0 Å². The average molecular weight is 477 g/mol. The van der Waals surface area contributed by atoms with Gasteiger partial charge in [-0.05, 0) is 48.8 Å². The van der Waals surface area contributed by atoms with Crippen molar-refractivity contribution in [1.29, 1.82) is 0 Å². The first-order chi connectivity index (χ1) is 15.7. The van der Waals surface area contributed by atoms with Crippen molar-refractivity contribution in [3.05, 3.63) is 71.4 Å². The van der Waals surface area contributed by atoms with E-state index in [2.05, 4.69) is 15.8 Å². The van der Waals surface area contributed by atoms with Gasteiger partial charge >= 0.3 is 6.18 Å². The monoisotopic (exact) mass is 476 g/mol. The van der Waals surface area contributed by atoms with Crippen LogP contribution in [0.1, 0.15) is 27.9 Å². The molecule has 1 unspecified atom stereocenters. The number of rotatable bonds is 8. The molecule has 0 aliphatic heterocycles. The van der Waals surface area contributed by atoms with Crippen molar-refractivity contribution >= 4 is 40.7 Å². The number of aromatic nitrogens is 1. The summed E-state index contributed by atoms with van der Waals surface area (Å²) >= 11 is 1.50. The summed E-state index contributed by atoms with van der Waals surface area (Å²) in [5, 5.41) is 7.60. The van der Waals surface area contributed by atoms with Crippen molar-refractivity contribution in [2.45, 2.75) is 18.6 Å². The predicted molar refractivity (Wildman–Crippen MR) is 124 cm³/mol. The molecule has 6 nitrogen and oxygen atoms in total. The summed E-state index contributed by atoms with van der Waals surface area (Å²) in [6.45, 7) is 0. The number of thioether (sulfide) groups is 1. The fourth-order valence-electron chi connectivity index (χ4n) is 3.28. The number of hydrazone groups is 1. The van der Waals surface area contributed by atoms with Crippen LogP contribution in [-0.4, -0.2) is 40.6 Å². The summed E-state index contributed by atoms with van der Waals surface area (Å²) in [5.41, 5.74) is 3.47. The van der Waals surface area contributed by atoms with Crippen LogP contribution in [0, 0.1) is 0 Å². The molecule has 1 atom stereocenters. The number of aryl methyl sites for hydroxylation is 1. The molecule has 0 saturated heterocycles. The SMILES string of the molecule is CSCCC(NC(=O)c1ccc(C(F)(F)F)cc1)C(=O)NN=Cc1cn(C)c2ccccc12. The number of hydrogen-bond acceptors (Lipinski definition) is 4. The van der Waals surface area contributed by atoms with Crippen molar-refractivity contribution in [2.24, 2.45) is 12.1 Å². The molecule has 1 aromatic heterocycles. The molecule has 1 heterocycles. The molecular weight excluding hydrogens is 453 g/mol. The van der Waals surface area contributed by atoms with E-state index < -0.39 is 29.6 Å². The van der Waals surface area contributed by atoms with Crippen molar-refractivity contribution in [3.63, 3.8) is 0 Å². The molecule has 0 bridgehead atoms. The average Bonchev–Trinajstić information content (AvgIpc) is 3.11. The van der Waals surface area contributed by atoms with Gasteiger partial charge in [-0.1, -0.05) is 18.2 Å². The third-order valence-electron chi connectivity index (χ3n) is 5.01. The van der Waals surface area contributed by atoms with Crippen LogP contribution in [0.15, 0.2) is 59.8 Å². The van der Waals surface area contributed by atoms with Gasteiger partial charge in [0.25, 0.3) is 11.8 Å². The van der Waals surface area contributed by atoms with Gasteiger partial charge < -0.3 is 9.88 Å². The Labute approximate surface area is 193 Å². The van der Waals surface area contributed by atoms with Gasteiger partial charge in [0.2, 0.25) is 0 Å². The Balaban J connectivity index is 1.68. The fourth-order valence-corrected chi connectivity index (χ4v) is 3.75. The summed E-state index contributed by atoms with van der Waals surface area (Å²) in [5.74, 6) is -0.554. The van der Waals surface area contributed by atoms with E-state index in [-0.39, 0.29) is 5.56 Å². The lowest BCUT2D eigenvalue weighted by Gasteiger charge is -2.17. The Morgan fingerprint density at radius 2 is 1.85 bits per heavy atom. The smallest absolute Gasteiger partial charge is 0.350 e. The molecule has 2 aromatic carbocycles. The fraction of sp³-hybridized carbons (Fsp3) is 0.261. The zero-order valence-corrected chi connectivity index (χ0v) is 18.8. The minimum Gasteiger partial charge on any atom is -0.350 e. The first-order valence-corrected chi connectivity index (χ1v) is 11.4. The number of carbonyl (C=O) groups is 2. The second-order valence-corrected chi connectivity index (χ2v) is 8.31. The molecule has 3 aromatic rings. The van der Waals surface area contributed by atoms with Gasteiger partial charge in [-0.25, -0.2) is 5.43 Å². The van der Waals surface area contributed by atoms with Crippen molar-refractivity contribution < 1.29 is 22.8 Å². The normalized spacial score (nSPS) is 12.8. The number of nitrogens with one attached hydrogen (secondary N) is 2. The highest BCUT2D eigenvalue weighted by molar-refractivity contribution is 7.98. The molecule has 0 aliphatic rings. The van der Waals surface area contributed by atoms with E-state index in [9.17, 15) is 22.8 Å². The van der Waals surface area contributed by atoms with Crippen LogP contribution >= 0.6 is 11.8 Å². The molecule has 0 spiro atoms. The van der Waals surface area contributed by atoms with E-state index in [0.29, 0.717) is 12.2 Å². The number of carbonyl (C=O) groups excluding carboxylic acids is 2. The molecule has 2 N–H and O–H groups in total. The molecule has 0 aliphatic carbocycles. The first kappa shape index (κ1) is 24.4. The topological polar surface area (TPSA) is 75.5 Å². The first-order valence-electron chi connectivity index (χ1n) is 10.0. The van der Waals surface area contributed by atoms with Crippen LogP contribution in [0.25, 0.3) is 10.9 Å². The maximum atomic E-state index is 12.7. The molecule has 10 heteroatoms. The number of hydrogen-bond donors (Lipinski definition) is 2. The number of nitrogens with zero attached hydrogens (tertiary/aromatic N) is 2. The van der Waals surface area contributed by atoms with E-state index in [0.717, 1.165) is 40.7 Å². The largest absolute Gasteiger partial charge is 0.416 e. The number of amides is 2. The summed E-state index contributed by atoms with van der Waals surface area (Å²) in [6.07, 6.45) is 1.13. The molecule has 2 amide bonds. The molecule has 0 fully saturated rings. The van der Waals surface area contributed by atoms with Crippen LogP contribution in [0.2, 0.25) is 0 Å². The molecule has 0 saturated carbocycles. The van der Waals surface area contributed by atoms with E-state index in [4.69, 9.17) is 0 Å². The third kappa shape index (κ3) is 6.16. The number of halogens is 3. The van der Waals surface area contributed by atoms with Crippen LogP contribution in [0.5, 0.6) is 0 Å². The molecule has 33 heavy (non-hydrogen) atoms. The van der Waals surface area contributed by atoms with Crippen LogP contribution in [0.3, 0.4) is 0 Å². The lowest BCUT2D eigenvalue weighted by Crippen LogP contribution is -2.45. The summed E-state index contributed by atoms with van der Waals surface area (Å²) in [4.78, 5) is 25.2. The number of alkyl halides is 3. The lowest BCUT2D eigenvalue weighted by molar-refractivity contribution is -0.137. The van der Waals surface area contributed by atoms with Gasteiger partial charge in [0.1, 0.15) is 6.04 Å². The van der Waals surface area contributed by atoms with Crippen LogP contribution < -0.4 is 10.7 Å². The second kappa shape index (κ2) is 10.6. The second-order valence-electron chi connectivity index (χ2n) is 7.33. The van der Waals surface area contributed by atoms with Crippen molar-refractivity contribution in [1.82, 2.24) is 15.3 Å². The van der Waals surface area contributed by atoms with Gasteiger partial charge in [-0.3, -0.25) is 9.59 Å².